The molecule has 2 aliphatic rings. The highest BCUT2D eigenvalue weighted by Crippen LogP contribution is 2.43. The number of halogens is 5. The molecule has 4 atom stereocenters. The van der Waals surface area contributed by atoms with Crippen molar-refractivity contribution in [1.29, 1.82) is 5.26 Å². The summed E-state index contributed by atoms with van der Waals surface area (Å²) in [5.74, 6) is -10.8. The lowest BCUT2D eigenvalue weighted by atomic mass is 9.88. The summed E-state index contributed by atoms with van der Waals surface area (Å²) in [5.41, 5.74) is -2.31. The van der Waals surface area contributed by atoms with Gasteiger partial charge >= 0.3 is 0 Å². The standard InChI is InChI=1S/C33H31ClF4N6O3/c1-7-21(45)43-16(5)12-42(13-17(43)6)30-18-10-20(34)28(22-23(35)24(36)25(37)26(38)31(22)46)41-32(18)44(33(47)19(30)11-39)29-15(4)8-9-40-27(29)14(2)3/h7-10,14-17,29,46H,1,12-13H2,2-6H3/t15-,16-,17+,29?/m1/s1. The monoisotopic (exact) mass is 670 g/mol. The number of carbonyl (C=O) groups excluding carboxylic acids is 1. The minimum absolute atomic E-state index is 0.136. The van der Waals surface area contributed by atoms with Gasteiger partial charge in [0.05, 0.1) is 28.0 Å². The molecule has 5 rings (SSSR count). The second-order valence-corrected chi connectivity index (χ2v) is 12.5. The van der Waals surface area contributed by atoms with E-state index in [1.807, 2.05) is 26.8 Å². The summed E-state index contributed by atoms with van der Waals surface area (Å²) in [6.07, 6.45) is 4.55. The van der Waals surface area contributed by atoms with Crippen LogP contribution in [0.4, 0.5) is 23.2 Å². The van der Waals surface area contributed by atoms with E-state index in [1.54, 1.807) is 35.9 Å². The highest BCUT2D eigenvalue weighted by Gasteiger charge is 2.38. The van der Waals surface area contributed by atoms with Gasteiger partial charge in [-0.05, 0) is 31.9 Å². The number of aromatic nitrogens is 2. The van der Waals surface area contributed by atoms with Crippen LogP contribution in [0.25, 0.3) is 22.3 Å². The number of amides is 1. The fourth-order valence-corrected chi connectivity index (χ4v) is 6.85. The van der Waals surface area contributed by atoms with Gasteiger partial charge in [0.15, 0.2) is 17.4 Å². The number of nitrogens with zero attached hydrogens (tertiary/aromatic N) is 6. The SMILES string of the molecule is C=CC(=O)N1[C@H](C)CN(c2c(C#N)c(=O)n(C3C(C(C)C)=NC=C[C@H]3C)c3nc(-c4c(O)c(F)c(F)c(F)c4F)c(Cl)cc23)C[C@@H]1C. The van der Waals surface area contributed by atoms with Gasteiger partial charge < -0.3 is 14.9 Å². The van der Waals surface area contributed by atoms with Crippen LogP contribution in [-0.2, 0) is 4.79 Å². The number of hydrogen-bond donors (Lipinski definition) is 1. The zero-order valence-corrected chi connectivity index (χ0v) is 26.9. The molecule has 1 unspecified atom stereocenters. The number of rotatable bonds is 5. The maximum Gasteiger partial charge on any atom is 0.272 e. The minimum atomic E-state index is -2.23. The molecule has 1 N–H and O–H groups in total. The minimum Gasteiger partial charge on any atom is -0.504 e. The van der Waals surface area contributed by atoms with Gasteiger partial charge in [-0.15, -0.1) is 0 Å². The van der Waals surface area contributed by atoms with Crippen molar-refractivity contribution in [2.45, 2.75) is 52.7 Å². The maximum absolute atomic E-state index is 15.2. The Balaban J connectivity index is 1.91. The second-order valence-electron chi connectivity index (χ2n) is 12.1. The van der Waals surface area contributed by atoms with Gasteiger partial charge in [-0.2, -0.15) is 9.65 Å². The quantitative estimate of drug-likeness (QED) is 0.148. The lowest BCUT2D eigenvalue weighted by molar-refractivity contribution is -0.130. The number of pyridine rings is 2. The van der Waals surface area contributed by atoms with Gasteiger partial charge in [0, 0.05) is 48.4 Å². The topological polar surface area (TPSA) is 115 Å². The maximum atomic E-state index is 15.2. The Kier molecular flexibility index (Phi) is 8.94. The summed E-state index contributed by atoms with van der Waals surface area (Å²) in [6.45, 7) is 13.1. The largest absolute Gasteiger partial charge is 0.504 e. The average Bonchev–Trinajstić information content (AvgIpc) is 3.02. The number of allylic oxidation sites excluding steroid dienone is 1. The number of phenols is 1. The molecule has 3 aromatic rings. The van der Waals surface area contributed by atoms with E-state index in [0.29, 0.717) is 5.71 Å². The van der Waals surface area contributed by atoms with Crippen molar-refractivity contribution in [3.05, 3.63) is 75.2 Å². The van der Waals surface area contributed by atoms with E-state index in [0.717, 1.165) is 0 Å². The third kappa shape index (κ3) is 5.34. The highest BCUT2D eigenvalue weighted by atomic mass is 35.5. The molecule has 0 saturated carbocycles. The smallest absolute Gasteiger partial charge is 0.272 e. The Bertz CT molecular complexity index is 1960. The first kappa shape index (κ1) is 33.7. The third-order valence-electron chi connectivity index (χ3n) is 8.65. The number of fused-ring (bicyclic) bond motifs is 1. The van der Waals surface area contributed by atoms with Crippen molar-refractivity contribution < 1.29 is 27.5 Å². The molecule has 1 fully saturated rings. The van der Waals surface area contributed by atoms with E-state index in [2.05, 4.69) is 16.6 Å². The first-order valence-electron chi connectivity index (χ1n) is 14.8. The molecule has 0 radical (unpaired) electrons. The molecule has 2 aromatic heterocycles. The van der Waals surface area contributed by atoms with E-state index in [1.165, 1.54) is 16.7 Å². The van der Waals surface area contributed by atoms with Gasteiger partial charge in [0.1, 0.15) is 17.3 Å². The second kappa shape index (κ2) is 12.5. The molecule has 47 heavy (non-hydrogen) atoms. The summed E-state index contributed by atoms with van der Waals surface area (Å²) in [4.78, 5) is 39.4. The molecule has 2 aliphatic heterocycles. The van der Waals surface area contributed by atoms with E-state index in [4.69, 9.17) is 11.6 Å². The lowest BCUT2D eigenvalue weighted by Gasteiger charge is -2.45. The number of benzene rings is 1. The Morgan fingerprint density at radius 3 is 2.32 bits per heavy atom. The van der Waals surface area contributed by atoms with E-state index < -0.39 is 69.0 Å². The van der Waals surface area contributed by atoms with Crippen LogP contribution in [0.15, 0.2) is 40.8 Å². The summed E-state index contributed by atoms with van der Waals surface area (Å²) in [6, 6.07) is 1.70. The summed E-state index contributed by atoms with van der Waals surface area (Å²) < 4.78 is 59.4. The fourth-order valence-electron chi connectivity index (χ4n) is 6.61. The Hall–Kier alpha value is -4.70. The zero-order chi connectivity index (χ0) is 34.6. The molecule has 0 aliphatic carbocycles. The van der Waals surface area contributed by atoms with E-state index >= 15 is 4.39 Å². The predicted octanol–water partition coefficient (Wildman–Crippen LogP) is 6.26. The van der Waals surface area contributed by atoms with Gasteiger partial charge in [-0.1, -0.05) is 45.0 Å². The average molecular weight is 671 g/mol. The van der Waals surface area contributed by atoms with Gasteiger partial charge in [-0.25, -0.2) is 18.2 Å². The number of aliphatic imine (C=N–C) groups is 1. The molecule has 9 nitrogen and oxygen atoms in total. The molecular weight excluding hydrogens is 640 g/mol. The van der Waals surface area contributed by atoms with Crippen LogP contribution in [0, 0.1) is 46.4 Å². The number of carbonyl (C=O) groups is 1. The van der Waals surface area contributed by atoms with Crippen molar-refractivity contribution in [2.75, 3.05) is 18.0 Å². The van der Waals surface area contributed by atoms with E-state index in [-0.39, 0.29) is 53.1 Å². The third-order valence-corrected chi connectivity index (χ3v) is 8.94. The molecule has 246 valence electrons. The number of anilines is 1. The number of piperazine rings is 1. The van der Waals surface area contributed by atoms with Crippen molar-refractivity contribution in [1.82, 2.24) is 14.5 Å². The predicted molar refractivity (Wildman–Crippen MR) is 170 cm³/mol. The Labute approximate surface area is 272 Å². The van der Waals surface area contributed by atoms with Crippen LogP contribution in [0.1, 0.15) is 46.2 Å². The van der Waals surface area contributed by atoms with Crippen LogP contribution < -0.4 is 10.5 Å². The summed E-state index contributed by atoms with van der Waals surface area (Å²) in [5, 5.41) is 20.6. The summed E-state index contributed by atoms with van der Waals surface area (Å²) in [7, 11) is 0. The Morgan fingerprint density at radius 2 is 1.74 bits per heavy atom. The number of nitriles is 1. The zero-order valence-electron chi connectivity index (χ0n) is 26.2. The highest BCUT2D eigenvalue weighted by molar-refractivity contribution is 6.34. The van der Waals surface area contributed by atoms with Crippen LogP contribution in [0.3, 0.4) is 0 Å². The molecule has 1 aromatic carbocycles. The molecule has 0 bridgehead atoms. The number of phenolic OH excluding ortho intramolecular Hbond substituents is 1. The van der Waals surface area contributed by atoms with E-state index in [9.17, 15) is 33.1 Å². The molecular formula is C33H31ClF4N6O3. The van der Waals surface area contributed by atoms with Gasteiger partial charge in [0.25, 0.3) is 5.56 Å². The normalized spacial score (nSPS) is 21.3. The van der Waals surface area contributed by atoms with Crippen LogP contribution >= 0.6 is 11.6 Å². The van der Waals surface area contributed by atoms with Crippen LogP contribution in [-0.4, -0.2) is 56.3 Å². The Morgan fingerprint density at radius 1 is 1.13 bits per heavy atom. The molecule has 14 heteroatoms. The summed E-state index contributed by atoms with van der Waals surface area (Å²) >= 11 is 6.59. The molecule has 0 spiro atoms. The lowest BCUT2D eigenvalue weighted by Crippen LogP contribution is -2.58. The van der Waals surface area contributed by atoms with Gasteiger partial charge in [-0.3, -0.25) is 19.1 Å². The first-order valence-corrected chi connectivity index (χ1v) is 15.2. The molecule has 1 saturated heterocycles. The molecule has 1 amide bonds. The first-order chi connectivity index (χ1) is 22.2. The van der Waals surface area contributed by atoms with Crippen LogP contribution in [0.2, 0.25) is 5.02 Å². The van der Waals surface area contributed by atoms with Gasteiger partial charge in [0.2, 0.25) is 17.5 Å². The number of hydrogen-bond acceptors (Lipinski definition) is 7. The van der Waals surface area contributed by atoms with Crippen molar-refractivity contribution >= 4 is 39.9 Å². The fraction of sp³-hybridized carbons (Fsp3) is 0.364. The van der Waals surface area contributed by atoms with Crippen molar-refractivity contribution in [3.63, 3.8) is 0 Å². The van der Waals surface area contributed by atoms with Crippen LogP contribution in [0.5, 0.6) is 5.75 Å². The van der Waals surface area contributed by atoms with Crippen molar-refractivity contribution in [2.24, 2.45) is 16.8 Å². The van der Waals surface area contributed by atoms with Crippen molar-refractivity contribution in [3.8, 4) is 23.1 Å². The number of aromatic hydroxyl groups is 1. The molecule has 4 heterocycles.